The van der Waals surface area contributed by atoms with Gasteiger partial charge in [-0.2, -0.15) is 0 Å². The van der Waals surface area contributed by atoms with Crippen molar-refractivity contribution >= 4 is 6.16 Å². The summed E-state index contributed by atoms with van der Waals surface area (Å²) in [7, 11) is 0. The number of hydrogen-bond acceptors (Lipinski definition) is 5. The largest absolute Gasteiger partial charge is 0.511 e. The molecule has 2 fully saturated rings. The summed E-state index contributed by atoms with van der Waals surface area (Å²) in [5, 5.41) is 0. The van der Waals surface area contributed by atoms with Crippen LogP contribution in [0.3, 0.4) is 0 Å². The average molecular weight is 402 g/mol. The third-order valence-corrected chi connectivity index (χ3v) is 7.41. The molecule has 1 aromatic carbocycles. The first kappa shape index (κ1) is 20.5. The van der Waals surface area contributed by atoms with Crippen LogP contribution in [-0.2, 0) is 21.3 Å². The number of benzene rings is 1. The van der Waals surface area contributed by atoms with E-state index < -0.39 is 6.16 Å². The summed E-state index contributed by atoms with van der Waals surface area (Å²) in [5.41, 5.74) is 9.44. The molecule has 4 rings (SSSR count). The van der Waals surface area contributed by atoms with E-state index in [0.29, 0.717) is 5.92 Å². The van der Waals surface area contributed by atoms with Crippen molar-refractivity contribution in [3.8, 4) is 5.75 Å². The number of carbonyl (C=O) groups is 1. The average Bonchev–Trinajstić information content (AvgIpc) is 2.72. The molecule has 3 atom stereocenters. The Hall–Kier alpha value is -1.75. The minimum absolute atomic E-state index is 0.00584. The summed E-state index contributed by atoms with van der Waals surface area (Å²) in [4.78, 5) is 11.9. The van der Waals surface area contributed by atoms with Crippen molar-refractivity contribution in [2.75, 3.05) is 6.79 Å². The van der Waals surface area contributed by atoms with Gasteiger partial charge in [0.1, 0.15) is 11.9 Å². The lowest BCUT2D eigenvalue weighted by atomic mass is 9.60. The lowest BCUT2D eigenvalue weighted by Crippen LogP contribution is -2.52. The minimum atomic E-state index is -0.633. The zero-order valence-corrected chi connectivity index (χ0v) is 17.7. The number of nitrogens with two attached hydrogens (primary N) is 1. The van der Waals surface area contributed by atoms with E-state index in [1.54, 1.807) is 0 Å². The summed E-state index contributed by atoms with van der Waals surface area (Å²) >= 11 is 0. The fourth-order valence-corrected chi connectivity index (χ4v) is 5.62. The van der Waals surface area contributed by atoms with Gasteiger partial charge in [-0.1, -0.05) is 38.7 Å². The Labute approximate surface area is 174 Å². The molecule has 0 amide bonds. The highest BCUT2D eigenvalue weighted by Gasteiger charge is 2.43. The standard InChI is InChI=1S/C24H35NO4/c1-24-13-7-3-4-8-18(22(24)25)14-17-11-12-20(15-21(17)24)27-16-28-23(26)29-19-9-5-2-6-10-19/h11-12,15,18-19,22H,2-10,13-14,16,25H2,1H3/t18-,22-,24+/m0/s1. The molecule has 2 N–H and O–H groups in total. The van der Waals surface area contributed by atoms with E-state index in [9.17, 15) is 4.79 Å². The first-order valence-corrected chi connectivity index (χ1v) is 11.4. The minimum Gasteiger partial charge on any atom is -0.457 e. The Bertz CT molecular complexity index is 715. The third kappa shape index (κ3) is 4.55. The van der Waals surface area contributed by atoms with Crippen molar-refractivity contribution < 1.29 is 19.0 Å². The van der Waals surface area contributed by atoms with Gasteiger partial charge in [0.05, 0.1) is 0 Å². The zero-order valence-electron chi connectivity index (χ0n) is 17.7. The molecule has 3 aliphatic carbocycles. The quantitative estimate of drug-likeness (QED) is 0.552. The molecule has 29 heavy (non-hydrogen) atoms. The van der Waals surface area contributed by atoms with Crippen LogP contribution in [0.5, 0.6) is 5.75 Å². The van der Waals surface area contributed by atoms with E-state index in [2.05, 4.69) is 19.1 Å². The Morgan fingerprint density at radius 3 is 2.69 bits per heavy atom. The second-order valence-corrected chi connectivity index (χ2v) is 9.36. The van der Waals surface area contributed by atoms with Gasteiger partial charge in [-0.05, 0) is 74.1 Å². The van der Waals surface area contributed by atoms with Crippen LogP contribution in [-0.4, -0.2) is 25.1 Å². The van der Waals surface area contributed by atoms with Crippen molar-refractivity contribution in [2.45, 2.75) is 95.1 Å². The predicted octanol–water partition coefficient (Wildman–Crippen LogP) is 5.23. The maximum Gasteiger partial charge on any atom is 0.511 e. The maximum atomic E-state index is 11.9. The monoisotopic (exact) mass is 401 g/mol. The highest BCUT2D eigenvalue weighted by molar-refractivity contribution is 5.60. The van der Waals surface area contributed by atoms with Crippen LogP contribution in [0.15, 0.2) is 18.2 Å². The lowest BCUT2D eigenvalue weighted by molar-refractivity contribution is -0.0225. The van der Waals surface area contributed by atoms with Gasteiger partial charge in [-0.15, -0.1) is 0 Å². The van der Waals surface area contributed by atoms with Crippen LogP contribution in [0, 0.1) is 5.92 Å². The second-order valence-electron chi connectivity index (χ2n) is 9.36. The van der Waals surface area contributed by atoms with E-state index >= 15 is 0 Å². The second kappa shape index (κ2) is 8.95. The fourth-order valence-electron chi connectivity index (χ4n) is 5.62. The van der Waals surface area contributed by atoms with E-state index in [0.717, 1.165) is 44.3 Å². The number of hydrogen-bond donors (Lipinski definition) is 1. The van der Waals surface area contributed by atoms with Crippen LogP contribution in [0.4, 0.5) is 4.79 Å². The third-order valence-electron chi connectivity index (χ3n) is 7.41. The van der Waals surface area contributed by atoms with Crippen LogP contribution in [0.1, 0.15) is 82.3 Å². The lowest BCUT2D eigenvalue weighted by Gasteiger charge is -2.47. The molecule has 0 radical (unpaired) electrons. The van der Waals surface area contributed by atoms with Gasteiger partial charge in [0.15, 0.2) is 0 Å². The van der Waals surface area contributed by atoms with Crippen LogP contribution < -0.4 is 10.5 Å². The maximum absolute atomic E-state index is 11.9. The molecule has 5 nitrogen and oxygen atoms in total. The summed E-state index contributed by atoms with van der Waals surface area (Å²) in [6, 6.07) is 6.45. The zero-order chi connectivity index (χ0) is 20.3. The molecular weight excluding hydrogens is 366 g/mol. The van der Waals surface area contributed by atoms with Crippen molar-refractivity contribution in [2.24, 2.45) is 11.7 Å². The molecule has 0 unspecified atom stereocenters. The van der Waals surface area contributed by atoms with E-state index in [1.165, 1.54) is 43.2 Å². The molecule has 0 heterocycles. The van der Waals surface area contributed by atoms with Gasteiger partial charge in [-0.3, -0.25) is 0 Å². The number of ether oxygens (including phenoxy) is 3. The summed E-state index contributed by atoms with van der Waals surface area (Å²) in [5.74, 6) is 1.29. The summed E-state index contributed by atoms with van der Waals surface area (Å²) in [6.07, 6.45) is 11.9. The van der Waals surface area contributed by atoms with Crippen LogP contribution in [0.25, 0.3) is 0 Å². The van der Waals surface area contributed by atoms with E-state index in [1.807, 2.05) is 6.07 Å². The first-order chi connectivity index (χ1) is 14.1. The summed E-state index contributed by atoms with van der Waals surface area (Å²) < 4.78 is 16.3. The van der Waals surface area contributed by atoms with Crippen molar-refractivity contribution in [1.82, 2.24) is 0 Å². The highest BCUT2D eigenvalue weighted by Crippen LogP contribution is 2.46. The van der Waals surface area contributed by atoms with Gasteiger partial charge in [-0.25, -0.2) is 4.79 Å². The molecule has 2 bridgehead atoms. The fraction of sp³-hybridized carbons (Fsp3) is 0.708. The molecule has 3 aliphatic rings. The smallest absolute Gasteiger partial charge is 0.457 e. The molecular formula is C24H35NO4. The molecule has 0 aromatic heterocycles. The van der Waals surface area contributed by atoms with Crippen molar-refractivity contribution in [3.05, 3.63) is 29.3 Å². The Morgan fingerprint density at radius 1 is 1.10 bits per heavy atom. The van der Waals surface area contributed by atoms with E-state index in [-0.39, 0.29) is 24.4 Å². The SMILES string of the molecule is C[C@@]12CCCCC[C@@H](Cc3ccc(OCOC(=O)OC4CCCCC4)cc31)[C@@H]2N. The molecule has 0 saturated heterocycles. The van der Waals surface area contributed by atoms with Crippen LogP contribution >= 0.6 is 0 Å². The van der Waals surface area contributed by atoms with Crippen molar-refractivity contribution in [3.63, 3.8) is 0 Å². The van der Waals surface area contributed by atoms with Gasteiger partial charge in [0.2, 0.25) is 6.79 Å². The Kier molecular flexibility index (Phi) is 6.33. The normalized spacial score (nSPS) is 29.9. The van der Waals surface area contributed by atoms with Gasteiger partial charge in [0.25, 0.3) is 0 Å². The van der Waals surface area contributed by atoms with Crippen LogP contribution in [0.2, 0.25) is 0 Å². The predicted molar refractivity (Wildman–Crippen MR) is 112 cm³/mol. The van der Waals surface area contributed by atoms with Gasteiger partial charge < -0.3 is 19.9 Å². The molecule has 0 spiro atoms. The van der Waals surface area contributed by atoms with E-state index in [4.69, 9.17) is 19.9 Å². The number of carbonyl (C=O) groups excluding carboxylic acids is 1. The van der Waals surface area contributed by atoms with Gasteiger partial charge in [0, 0.05) is 11.5 Å². The topological polar surface area (TPSA) is 70.8 Å². The molecule has 160 valence electrons. The molecule has 1 aromatic rings. The Morgan fingerprint density at radius 2 is 1.86 bits per heavy atom. The Balaban J connectivity index is 1.38. The summed E-state index contributed by atoms with van der Waals surface area (Å²) in [6.45, 7) is 2.19. The van der Waals surface area contributed by atoms with Crippen molar-refractivity contribution in [1.29, 1.82) is 0 Å². The molecule has 2 saturated carbocycles. The number of fused-ring (bicyclic) bond motifs is 4. The molecule has 5 heteroatoms. The highest BCUT2D eigenvalue weighted by atomic mass is 16.8. The molecule has 0 aliphatic heterocycles. The van der Waals surface area contributed by atoms with Gasteiger partial charge >= 0.3 is 6.16 Å². The number of rotatable bonds is 4. The first-order valence-electron chi connectivity index (χ1n) is 11.4.